The second kappa shape index (κ2) is 9.35. The van der Waals surface area contributed by atoms with Gasteiger partial charge in [0.1, 0.15) is 0 Å². The molecule has 3 atom stereocenters. The molecule has 3 aromatic rings. The molecule has 4 N–H and O–H groups in total. The lowest BCUT2D eigenvalue weighted by molar-refractivity contribution is -0.0476. The first kappa shape index (κ1) is 25.6. The number of piperidine rings is 1. The molecule has 4 heterocycles. The number of amides is 1. The van der Waals surface area contributed by atoms with Crippen LogP contribution in [-0.2, 0) is 0 Å². The third-order valence-electron chi connectivity index (χ3n) is 7.47. The zero-order valence-electron chi connectivity index (χ0n) is 21.2. The number of aromatic nitrogens is 7. The van der Waals surface area contributed by atoms with Gasteiger partial charge < -0.3 is 16.2 Å². The molecule has 3 aromatic heterocycles. The van der Waals surface area contributed by atoms with Gasteiger partial charge in [0.15, 0.2) is 5.82 Å². The van der Waals surface area contributed by atoms with Crippen molar-refractivity contribution >= 4 is 11.7 Å². The van der Waals surface area contributed by atoms with Crippen LogP contribution in [0, 0.1) is 5.92 Å². The van der Waals surface area contributed by atoms with E-state index in [2.05, 4.69) is 25.5 Å². The monoisotopic (exact) mass is 517 g/mol. The molecule has 1 aliphatic carbocycles. The van der Waals surface area contributed by atoms with Gasteiger partial charge in [0.25, 0.3) is 11.7 Å². The number of aliphatic hydroxyl groups is 1. The number of fused-ring (bicyclic) bond motifs is 1. The van der Waals surface area contributed by atoms with E-state index in [9.17, 15) is 18.7 Å². The third kappa shape index (κ3) is 5.19. The van der Waals surface area contributed by atoms with Crippen molar-refractivity contribution in [2.24, 2.45) is 11.7 Å². The molecule has 1 aliphatic heterocycles. The van der Waals surface area contributed by atoms with Gasteiger partial charge in [-0.05, 0) is 58.9 Å². The quantitative estimate of drug-likeness (QED) is 0.452. The average molecular weight is 518 g/mol. The van der Waals surface area contributed by atoms with Gasteiger partial charge in [-0.2, -0.15) is 10.2 Å². The van der Waals surface area contributed by atoms with Crippen LogP contribution in [-0.4, -0.2) is 63.4 Å². The van der Waals surface area contributed by atoms with E-state index in [-0.39, 0.29) is 49.5 Å². The number of carbonyl (C=O) groups excluding carboxylic acids is 1. The number of primary amides is 1. The SMILES string of the molecule is CC(C)n1nc([C@H](c2cn3ncc(C4CC(C)(O)CCN4)nc3n2)C2CCC(F)(F)CC2)nc1C(N)=O. The molecule has 1 saturated heterocycles. The highest BCUT2D eigenvalue weighted by Crippen LogP contribution is 2.44. The lowest BCUT2D eigenvalue weighted by atomic mass is 9.77. The molecule has 37 heavy (non-hydrogen) atoms. The van der Waals surface area contributed by atoms with Gasteiger partial charge in [0.2, 0.25) is 11.7 Å². The van der Waals surface area contributed by atoms with E-state index in [1.54, 1.807) is 16.9 Å². The molecule has 13 heteroatoms. The summed E-state index contributed by atoms with van der Waals surface area (Å²) >= 11 is 0. The fraction of sp³-hybridized carbons (Fsp3) is 0.667. The zero-order chi connectivity index (χ0) is 26.5. The fourth-order valence-electron chi connectivity index (χ4n) is 5.44. The van der Waals surface area contributed by atoms with Gasteiger partial charge in [-0.1, -0.05) is 0 Å². The summed E-state index contributed by atoms with van der Waals surface area (Å²) in [5.41, 5.74) is 5.98. The minimum absolute atomic E-state index is 0.0221. The number of hydrogen-bond acceptors (Lipinski definition) is 8. The third-order valence-corrected chi connectivity index (χ3v) is 7.47. The lowest BCUT2D eigenvalue weighted by Gasteiger charge is -2.34. The van der Waals surface area contributed by atoms with Crippen LogP contribution in [0.15, 0.2) is 12.4 Å². The number of rotatable bonds is 6. The number of alkyl halides is 2. The topological polar surface area (TPSA) is 149 Å². The first-order valence-corrected chi connectivity index (χ1v) is 12.7. The van der Waals surface area contributed by atoms with E-state index < -0.39 is 23.3 Å². The maximum absolute atomic E-state index is 14.0. The summed E-state index contributed by atoms with van der Waals surface area (Å²) in [5, 5.41) is 22.9. The summed E-state index contributed by atoms with van der Waals surface area (Å²) in [4.78, 5) is 25.9. The van der Waals surface area contributed by atoms with Crippen LogP contribution in [0.1, 0.15) is 105 Å². The molecule has 0 bridgehead atoms. The normalized spacial score (nSPS) is 25.5. The van der Waals surface area contributed by atoms with Crippen molar-refractivity contribution in [3.63, 3.8) is 0 Å². The van der Waals surface area contributed by atoms with Gasteiger partial charge in [0, 0.05) is 18.9 Å². The molecule has 1 saturated carbocycles. The van der Waals surface area contributed by atoms with Crippen molar-refractivity contribution in [1.29, 1.82) is 0 Å². The van der Waals surface area contributed by atoms with Crippen molar-refractivity contribution in [2.45, 2.75) is 88.8 Å². The maximum Gasteiger partial charge on any atom is 0.286 e. The number of nitrogens with two attached hydrogens (primary N) is 1. The van der Waals surface area contributed by atoms with Crippen molar-refractivity contribution in [2.75, 3.05) is 6.54 Å². The fourth-order valence-corrected chi connectivity index (χ4v) is 5.44. The minimum atomic E-state index is -2.70. The van der Waals surface area contributed by atoms with E-state index in [0.717, 1.165) is 0 Å². The Morgan fingerprint density at radius 1 is 1.22 bits per heavy atom. The Morgan fingerprint density at radius 3 is 2.57 bits per heavy atom. The average Bonchev–Trinajstić information content (AvgIpc) is 3.44. The number of nitrogens with zero attached hydrogens (tertiary/aromatic N) is 7. The van der Waals surface area contributed by atoms with Crippen molar-refractivity contribution in [3.8, 4) is 0 Å². The Labute approximate surface area is 212 Å². The summed E-state index contributed by atoms with van der Waals surface area (Å²) in [6.45, 7) is 6.18. The Hall–Kier alpha value is -3.06. The molecule has 5 rings (SSSR count). The zero-order valence-corrected chi connectivity index (χ0v) is 21.2. The molecule has 0 radical (unpaired) electrons. The molecular weight excluding hydrogens is 484 g/mol. The Morgan fingerprint density at radius 2 is 1.95 bits per heavy atom. The van der Waals surface area contributed by atoms with E-state index in [4.69, 9.17) is 10.7 Å². The molecule has 0 spiro atoms. The van der Waals surface area contributed by atoms with Crippen LogP contribution >= 0.6 is 0 Å². The highest BCUT2D eigenvalue weighted by molar-refractivity contribution is 5.89. The van der Waals surface area contributed by atoms with Crippen LogP contribution in [0.2, 0.25) is 0 Å². The molecule has 2 aliphatic rings. The first-order chi connectivity index (χ1) is 17.4. The molecule has 2 fully saturated rings. The summed E-state index contributed by atoms with van der Waals surface area (Å²) in [6, 6.07) is -0.341. The van der Waals surface area contributed by atoms with E-state index >= 15 is 0 Å². The molecule has 0 aromatic carbocycles. The molecule has 200 valence electrons. The largest absolute Gasteiger partial charge is 0.390 e. The minimum Gasteiger partial charge on any atom is -0.390 e. The van der Waals surface area contributed by atoms with Gasteiger partial charge in [-0.3, -0.25) is 4.79 Å². The Kier molecular flexibility index (Phi) is 6.47. The van der Waals surface area contributed by atoms with Crippen molar-refractivity contribution < 1.29 is 18.7 Å². The highest BCUT2D eigenvalue weighted by Gasteiger charge is 2.41. The van der Waals surface area contributed by atoms with Crippen LogP contribution in [0.25, 0.3) is 5.78 Å². The van der Waals surface area contributed by atoms with Crippen molar-refractivity contribution in [3.05, 3.63) is 35.4 Å². The second-order valence-corrected chi connectivity index (χ2v) is 10.9. The van der Waals surface area contributed by atoms with Crippen molar-refractivity contribution in [1.82, 2.24) is 39.7 Å². The number of carbonyl (C=O) groups is 1. The molecule has 2 unspecified atom stereocenters. The molecule has 1 amide bonds. The summed E-state index contributed by atoms with van der Waals surface area (Å²) < 4.78 is 31.0. The summed E-state index contributed by atoms with van der Waals surface area (Å²) in [7, 11) is 0. The first-order valence-electron chi connectivity index (χ1n) is 12.7. The number of hydrogen-bond donors (Lipinski definition) is 3. The van der Waals surface area contributed by atoms with E-state index in [0.29, 0.717) is 42.4 Å². The number of halogens is 2. The van der Waals surface area contributed by atoms with Crippen LogP contribution in [0.5, 0.6) is 0 Å². The van der Waals surface area contributed by atoms with Crippen LogP contribution in [0.4, 0.5) is 8.78 Å². The second-order valence-electron chi connectivity index (χ2n) is 10.9. The van der Waals surface area contributed by atoms with Gasteiger partial charge >= 0.3 is 0 Å². The predicted molar refractivity (Wildman–Crippen MR) is 129 cm³/mol. The van der Waals surface area contributed by atoms with Crippen LogP contribution in [0.3, 0.4) is 0 Å². The lowest BCUT2D eigenvalue weighted by Crippen LogP contribution is -2.42. The molecule has 11 nitrogen and oxygen atoms in total. The molecular formula is C24H33F2N9O2. The van der Waals surface area contributed by atoms with E-state index in [1.165, 1.54) is 4.68 Å². The standard InChI is InChI=1S/C24H33F2N9O2/c1-13(2)35-21(19(27)36)32-20(33-35)18(14-4-6-24(25,26)7-5-14)17-12-34-22(31-17)30-16(11-29-34)15-10-23(3,37)8-9-28-15/h11-15,18,28,37H,4-10H2,1-3H3,(H2,27,36)/t15?,18-,23?/m0/s1. The number of nitrogens with one attached hydrogen (secondary N) is 1. The smallest absolute Gasteiger partial charge is 0.286 e. The van der Waals surface area contributed by atoms with Crippen LogP contribution < -0.4 is 11.1 Å². The summed E-state index contributed by atoms with van der Waals surface area (Å²) in [5.74, 6) is -3.45. The Bertz CT molecular complexity index is 1290. The summed E-state index contributed by atoms with van der Waals surface area (Å²) in [6.07, 6.45) is 4.57. The van der Waals surface area contributed by atoms with Gasteiger partial charge in [-0.15, -0.1) is 0 Å². The predicted octanol–water partition coefficient (Wildman–Crippen LogP) is 2.53. The van der Waals surface area contributed by atoms with Gasteiger partial charge in [0.05, 0.1) is 41.3 Å². The maximum atomic E-state index is 14.0. The number of imidazole rings is 1. The van der Waals surface area contributed by atoms with Gasteiger partial charge in [-0.25, -0.2) is 32.9 Å². The highest BCUT2D eigenvalue weighted by atomic mass is 19.3. The Balaban J connectivity index is 1.54. The van der Waals surface area contributed by atoms with E-state index in [1.807, 2.05) is 20.8 Å².